The number of hydrazone groups is 1. The molecule has 0 radical (unpaired) electrons. The average Bonchev–Trinajstić information content (AvgIpc) is 2.75. The second-order valence-corrected chi connectivity index (χ2v) is 6.86. The lowest BCUT2D eigenvalue weighted by molar-refractivity contribution is 0.0955. The molecule has 0 aliphatic carbocycles. The number of benzene rings is 3. The van der Waals surface area contributed by atoms with Gasteiger partial charge in [0.05, 0.1) is 19.4 Å². The molecule has 0 aromatic heterocycles. The molecule has 3 aromatic rings. The molecule has 1 N–H and O–H groups in total. The summed E-state index contributed by atoms with van der Waals surface area (Å²) in [5, 5.41) is 4.07. The van der Waals surface area contributed by atoms with Crippen molar-refractivity contribution in [2.45, 2.75) is 13.2 Å². The van der Waals surface area contributed by atoms with Gasteiger partial charge in [0, 0.05) is 25.3 Å². The molecule has 29 heavy (non-hydrogen) atoms. The predicted octanol–water partition coefficient (Wildman–Crippen LogP) is 4.23. The van der Waals surface area contributed by atoms with Gasteiger partial charge in [-0.2, -0.15) is 5.10 Å². The Labute approximate surface area is 171 Å². The van der Waals surface area contributed by atoms with E-state index in [1.165, 1.54) is 0 Å². The van der Waals surface area contributed by atoms with Gasteiger partial charge in [-0.15, -0.1) is 0 Å². The van der Waals surface area contributed by atoms with Gasteiger partial charge in [-0.3, -0.25) is 4.79 Å². The number of anilines is 1. The third-order valence-corrected chi connectivity index (χ3v) is 4.36. The van der Waals surface area contributed by atoms with Crippen LogP contribution in [0.3, 0.4) is 0 Å². The molecule has 1 amide bonds. The number of carbonyl (C=O) groups excluding carboxylic acids is 1. The molecule has 3 rings (SSSR count). The van der Waals surface area contributed by atoms with Crippen molar-refractivity contribution >= 4 is 17.8 Å². The number of amides is 1. The highest BCUT2D eigenvalue weighted by molar-refractivity contribution is 5.95. The summed E-state index contributed by atoms with van der Waals surface area (Å²) >= 11 is 0. The van der Waals surface area contributed by atoms with Crippen molar-refractivity contribution in [2.24, 2.45) is 5.10 Å². The van der Waals surface area contributed by atoms with Crippen LogP contribution in [-0.2, 0) is 18.0 Å². The average molecular weight is 387 g/mol. The van der Waals surface area contributed by atoms with Gasteiger partial charge in [-0.05, 0) is 47.0 Å². The van der Waals surface area contributed by atoms with E-state index in [1.807, 2.05) is 85.7 Å². The third-order valence-electron chi connectivity index (χ3n) is 4.36. The minimum atomic E-state index is -0.242. The molecule has 0 spiro atoms. The standard InChI is InChI=1S/C24H25N3O2/c1-27(2)23-13-11-22(12-14-23)24(28)26-25-16-20-9-6-10-21(15-20)18-29-17-19-7-4-3-5-8-19/h3-16H,17-18H2,1-2H3,(H,26,28). The van der Waals surface area contributed by atoms with Crippen molar-refractivity contribution in [2.75, 3.05) is 19.0 Å². The zero-order valence-corrected chi connectivity index (χ0v) is 16.7. The van der Waals surface area contributed by atoms with Crippen molar-refractivity contribution < 1.29 is 9.53 Å². The molecule has 0 aliphatic rings. The highest BCUT2D eigenvalue weighted by Gasteiger charge is 2.04. The summed E-state index contributed by atoms with van der Waals surface area (Å²) in [5.41, 5.74) is 7.26. The molecule has 0 fully saturated rings. The van der Waals surface area contributed by atoms with E-state index in [-0.39, 0.29) is 5.91 Å². The maximum Gasteiger partial charge on any atom is 0.271 e. The van der Waals surface area contributed by atoms with Crippen molar-refractivity contribution in [1.29, 1.82) is 0 Å². The fraction of sp³-hybridized carbons (Fsp3) is 0.167. The topological polar surface area (TPSA) is 53.9 Å². The molecule has 0 saturated heterocycles. The second kappa shape index (κ2) is 10.2. The Kier molecular flexibility index (Phi) is 7.14. The molecule has 5 heteroatoms. The van der Waals surface area contributed by atoms with Gasteiger partial charge in [-0.1, -0.05) is 48.5 Å². The molecule has 0 heterocycles. The first kappa shape index (κ1) is 20.3. The molecular formula is C24H25N3O2. The summed E-state index contributed by atoms with van der Waals surface area (Å²) in [7, 11) is 3.92. The summed E-state index contributed by atoms with van der Waals surface area (Å²) in [6, 6.07) is 25.3. The first-order chi connectivity index (χ1) is 14.1. The Balaban J connectivity index is 1.51. The van der Waals surface area contributed by atoms with E-state index in [4.69, 9.17) is 4.74 Å². The maximum absolute atomic E-state index is 12.2. The summed E-state index contributed by atoms with van der Waals surface area (Å²) < 4.78 is 5.77. The lowest BCUT2D eigenvalue weighted by Gasteiger charge is -2.12. The van der Waals surface area contributed by atoms with E-state index in [0.717, 1.165) is 22.4 Å². The lowest BCUT2D eigenvalue weighted by atomic mass is 10.1. The Bertz CT molecular complexity index is 951. The Hall–Kier alpha value is -3.44. The van der Waals surface area contributed by atoms with Crippen LogP contribution < -0.4 is 10.3 Å². The third kappa shape index (κ3) is 6.30. The molecule has 0 unspecified atom stereocenters. The van der Waals surface area contributed by atoms with Crippen LogP contribution in [0.25, 0.3) is 0 Å². The van der Waals surface area contributed by atoms with Crippen LogP contribution in [0.15, 0.2) is 84.0 Å². The number of rotatable bonds is 8. The molecule has 0 aliphatic heterocycles. The number of nitrogens with zero attached hydrogens (tertiary/aromatic N) is 2. The molecule has 3 aromatic carbocycles. The van der Waals surface area contributed by atoms with E-state index in [1.54, 1.807) is 18.3 Å². The number of ether oxygens (including phenoxy) is 1. The smallest absolute Gasteiger partial charge is 0.271 e. The number of carbonyl (C=O) groups is 1. The van der Waals surface area contributed by atoms with Crippen LogP contribution in [0.1, 0.15) is 27.0 Å². The number of nitrogens with one attached hydrogen (secondary N) is 1. The van der Waals surface area contributed by atoms with Crippen molar-refractivity contribution in [1.82, 2.24) is 5.43 Å². The van der Waals surface area contributed by atoms with Crippen molar-refractivity contribution in [3.8, 4) is 0 Å². The van der Waals surface area contributed by atoms with Crippen molar-refractivity contribution in [3.05, 3.63) is 101 Å². The summed E-state index contributed by atoms with van der Waals surface area (Å²) in [6.45, 7) is 1.09. The fourth-order valence-electron chi connectivity index (χ4n) is 2.77. The Morgan fingerprint density at radius 2 is 1.62 bits per heavy atom. The molecular weight excluding hydrogens is 362 g/mol. The van der Waals surface area contributed by atoms with Gasteiger partial charge in [0.1, 0.15) is 0 Å². The van der Waals surface area contributed by atoms with Crippen LogP contribution in [-0.4, -0.2) is 26.2 Å². The van der Waals surface area contributed by atoms with Gasteiger partial charge < -0.3 is 9.64 Å². The monoisotopic (exact) mass is 387 g/mol. The van der Waals surface area contributed by atoms with Crippen LogP contribution in [0.5, 0.6) is 0 Å². The molecule has 0 bridgehead atoms. The highest BCUT2D eigenvalue weighted by atomic mass is 16.5. The molecule has 0 atom stereocenters. The lowest BCUT2D eigenvalue weighted by Crippen LogP contribution is -2.18. The highest BCUT2D eigenvalue weighted by Crippen LogP contribution is 2.12. The first-order valence-corrected chi connectivity index (χ1v) is 9.43. The van der Waals surface area contributed by atoms with Crippen LogP contribution in [0.4, 0.5) is 5.69 Å². The minimum absolute atomic E-state index is 0.242. The van der Waals surface area contributed by atoms with E-state index < -0.39 is 0 Å². The summed E-state index contributed by atoms with van der Waals surface area (Å²) in [4.78, 5) is 14.2. The normalized spacial score (nSPS) is 10.8. The van der Waals surface area contributed by atoms with E-state index in [2.05, 4.69) is 10.5 Å². The predicted molar refractivity (Wildman–Crippen MR) is 117 cm³/mol. The summed E-state index contributed by atoms with van der Waals surface area (Å²) in [5.74, 6) is -0.242. The van der Waals surface area contributed by atoms with E-state index in [9.17, 15) is 4.79 Å². The van der Waals surface area contributed by atoms with Gasteiger partial charge in [0.2, 0.25) is 0 Å². The largest absolute Gasteiger partial charge is 0.378 e. The zero-order chi connectivity index (χ0) is 20.5. The summed E-state index contributed by atoms with van der Waals surface area (Å²) in [6.07, 6.45) is 1.63. The van der Waals surface area contributed by atoms with E-state index in [0.29, 0.717) is 18.8 Å². The zero-order valence-electron chi connectivity index (χ0n) is 16.7. The Morgan fingerprint density at radius 3 is 2.34 bits per heavy atom. The molecule has 5 nitrogen and oxygen atoms in total. The molecule has 0 saturated carbocycles. The maximum atomic E-state index is 12.2. The number of hydrogen-bond acceptors (Lipinski definition) is 4. The van der Waals surface area contributed by atoms with Gasteiger partial charge in [0.15, 0.2) is 0 Å². The fourth-order valence-corrected chi connectivity index (χ4v) is 2.77. The quantitative estimate of drug-likeness (QED) is 0.465. The SMILES string of the molecule is CN(C)c1ccc(C(=O)NN=Cc2cccc(COCc3ccccc3)c2)cc1. The van der Waals surface area contributed by atoms with Crippen LogP contribution in [0.2, 0.25) is 0 Å². The second-order valence-electron chi connectivity index (χ2n) is 6.86. The minimum Gasteiger partial charge on any atom is -0.378 e. The Morgan fingerprint density at radius 1 is 0.931 bits per heavy atom. The number of hydrogen-bond donors (Lipinski definition) is 1. The van der Waals surface area contributed by atoms with Gasteiger partial charge in [0.25, 0.3) is 5.91 Å². The molecule has 148 valence electrons. The van der Waals surface area contributed by atoms with Crippen LogP contribution in [0, 0.1) is 0 Å². The van der Waals surface area contributed by atoms with Gasteiger partial charge >= 0.3 is 0 Å². The van der Waals surface area contributed by atoms with Crippen LogP contribution >= 0.6 is 0 Å². The van der Waals surface area contributed by atoms with E-state index >= 15 is 0 Å². The van der Waals surface area contributed by atoms with Gasteiger partial charge in [-0.25, -0.2) is 5.43 Å². The van der Waals surface area contributed by atoms with Crippen molar-refractivity contribution in [3.63, 3.8) is 0 Å². The first-order valence-electron chi connectivity index (χ1n) is 9.43.